The van der Waals surface area contributed by atoms with Crippen LogP contribution in [0, 0.1) is 5.92 Å². The maximum absolute atomic E-state index is 12.3. The molecule has 0 spiro atoms. The number of amides is 1. The van der Waals surface area contributed by atoms with Gasteiger partial charge in [-0.15, -0.1) is 0 Å². The van der Waals surface area contributed by atoms with Crippen molar-refractivity contribution in [3.8, 4) is 0 Å². The monoisotopic (exact) mass is 256 g/mol. The fraction of sp³-hybridized carbons (Fsp3) is 0.778. The molecule has 0 aliphatic heterocycles. The van der Waals surface area contributed by atoms with E-state index in [9.17, 15) is 22.8 Å². The number of alkyl halides is 3. The second-order valence-electron chi connectivity index (χ2n) is 3.62. The van der Waals surface area contributed by atoms with Crippen molar-refractivity contribution in [1.29, 1.82) is 0 Å². The molecule has 100 valence electrons. The lowest BCUT2D eigenvalue weighted by atomic mass is 10.1. The Morgan fingerprint density at radius 1 is 1.41 bits per heavy atom. The fourth-order valence-corrected chi connectivity index (χ4v) is 1.14. The molecule has 0 aromatic heterocycles. The first-order valence-electron chi connectivity index (χ1n) is 4.87. The van der Waals surface area contributed by atoms with Crippen LogP contribution in [0.3, 0.4) is 0 Å². The first-order chi connectivity index (χ1) is 7.68. The van der Waals surface area contributed by atoms with Crippen LogP contribution in [0.4, 0.5) is 13.2 Å². The maximum atomic E-state index is 12.3. The Bertz CT molecular complexity index is 281. The summed E-state index contributed by atoms with van der Waals surface area (Å²) < 4.78 is 36.9. The number of hydrogen-bond donors (Lipinski definition) is 2. The average molecular weight is 256 g/mol. The second-order valence-corrected chi connectivity index (χ2v) is 3.62. The Hall–Kier alpha value is -1.31. The van der Waals surface area contributed by atoms with Gasteiger partial charge in [0.1, 0.15) is 0 Å². The van der Waals surface area contributed by atoms with Crippen molar-refractivity contribution in [3.63, 3.8) is 0 Å². The van der Waals surface area contributed by atoms with E-state index < -0.39 is 24.6 Å². The molecule has 8 heteroatoms. The number of nitrogens with one attached hydrogen (secondary N) is 1. The van der Waals surface area contributed by atoms with E-state index >= 15 is 0 Å². The van der Waals surface area contributed by atoms with Gasteiger partial charge in [0.2, 0.25) is 5.91 Å². The first kappa shape index (κ1) is 15.7. The molecule has 0 bridgehead atoms. The number of carboxylic acids is 1. The van der Waals surface area contributed by atoms with Crippen LogP contribution in [0.25, 0.3) is 0 Å². The molecular formula is C9H15F3N2O3. The SMILES string of the molecule is CNC(=O)CCN(C)CC(C(=O)O)C(F)(F)F. The quantitative estimate of drug-likeness (QED) is 0.718. The summed E-state index contributed by atoms with van der Waals surface area (Å²) in [4.78, 5) is 22.5. The topological polar surface area (TPSA) is 69.6 Å². The lowest BCUT2D eigenvalue weighted by molar-refractivity contribution is -0.196. The molecule has 0 aromatic rings. The zero-order chi connectivity index (χ0) is 13.6. The normalized spacial score (nSPS) is 13.5. The van der Waals surface area contributed by atoms with Crippen molar-refractivity contribution in [2.75, 3.05) is 27.2 Å². The lowest BCUT2D eigenvalue weighted by Gasteiger charge is -2.22. The summed E-state index contributed by atoms with van der Waals surface area (Å²) >= 11 is 0. The number of carbonyl (C=O) groups is 2. The summed E-state index contributed by atoms with van der Waals surface area (Å²) in [6, 6.07) is 0. The summed E-state index contributed by atoms with van der Waals surface area (Å²) in [6.07, 6.45) is -4.76. The molecule has 1 atom stereocenters. The van der Waals surface area contributed by atoms with Gasteiger partial charge in [-0.1, -0.05) is 0 Å². The Kier molecular flexibility index (Phi) is 5.94. The highest BCUT2D eigenvalue weighted by molar-refractivity contribution is 5.75. The van der Waals surface area contributed by atoms with E-state index in [1.807, 2.05) is 0 Å². The summed E-state index contributed by atoms with van der Waals surface area (Å²) in [5, 5.41) is 10.8. The standard InChI is InChI=1S/C9H15F3N2O3/c1-13-7(15)3-4-14(2)5-6(8(16)17)9(10,11)12/h6H,3-5H2,1-2H3,(H,13,15)(H,16,17). The molecule has 2 N–H and O–H groups in total. The number of nitrogens with zero attached hydrogens (tertiary/aromatic N) is 1. The van der Waals surface area contributed by atoms with Gasteiger partial charge >= 0.3 is 12.1 Å². The summed E-state index contributed by atoms with van der Waals surface area (Å²) in [5.74, 6) is -4.66. The average Bonchev–Trinajstić information content (AvgIpc) is 2.20. The van der Waals surface area contributed by atoms with Gasteiger partial charge in [-0.05, 0) is 7.05 Å². The molecule has 1 unspecified atom stereocenters. The fourth-order valence-electron chi connectivity index (χ4n) is 1.14. The summed E-state index contributed by atoms with van der Waals surface area (Å²) in [6.45, 7) is -0.602. The molecule has 0 fully saturated rings. The van der Waals surface area contributed by atoms with Crippen LogP contribution in [0.15, 0.2) is 0 Å². The van der Waals surface area contributed by atoms with Crippen LogP contribution in [0.5, 0.6) is 0 Å². The van der Waals surface area contributed by atoms with E-state index in [1.165, 1.54) is 19.0 Å². The molecule has 0 aliphatic carbocycles. The highest BCUT2D eigenvalue weighted by Crippen LogP contribution is 2.26. The minimum Gasteiger partial charge on any atom is -0.481 e. The number of carboxylic acid groups (broad SMARTS) is 1. The van der Waals surface area contributed by atoms with Gasteiger partial charge in [0, 0.05) is 26.6 Å². The second kappa shape index (κ2) is 6.43. The van der Waals surface area contributed by atoms with Gasteiger partial charge in [0.15, 0.2) is 5.92 Å². The van der Waals surface area contributed by atoms with E-state index in [1.54, 1.807) is 0 Å². The molecule has 0 radical (unpaired) electrons. The lowest BCUT2D eigenvalue weighted by Crippen LogP contribution is -2.40. The van der Waals surface area contributed by atoms with Gasteiger partial charge in [-0.25, -0.2) is 0 Å². The summed E-state index contributed by atoms with van der Waals surface area (Å²) in [5.41, 5.74) is 0. The molecule has 0 rings (SSSR count). The molecule has 1 amide bonds. The van der Waals surface area contributed by atoms with E-state index in [0.29, 0.717) is 0 Å². The third-order valence-corrected chi connectivity index (χ3v) is 2.19. The van der Waals surface area contributed by atoms with E-state index in [2.05, 4.69) is 5.32 Å². The third kappa shape index (κ3) is 6.10. The number of halogens is 3. The number of aliphatic carboxylic acids is 1. The highest BCUT2D eigenvalue weighted by atomic mass is 19.4. The van der Waals surface area contributed by atoms with Crippen LogP contribution in [-0.2, 0) is 9.59 Å². The van der Waals surface area contributed by atoms with Crippen molar-refractivity contribution in [2.45, 2.75) is 12.6 Å². The minimum atomic E-state index is -4.78. The van der Waals surface area contributed by atoms with Crippen molar-refractivity contribution < 1.29 is 27.9 Å². The Morgan fingerprint density at radius 2 is 1.94 bits per heavy atom. The molecule has 0 saturated heterocycles. The van der Waals surface area contributed by atoms with Gasteiger partial charge in [0.25, 0.3) is 0 Å². The van der Waals surface area contributed by atoms with E-state index in [4.69, 9.17) is 5.11 Å². The number of carbonyl (C=O) groups excluding carboxylic acids is 1. The van der Waals surface area contributed by atoms with Crippen LogP contribution in [-0.4, -0.2) is 55.2 Å². The smallest absolute Gasteiger partial charge is 0.403 e. The highest BCUT2D eigenvalue weighted by Gasteiger charge is 2.45. The first-order valence-corrected chi connectivity index (χ1v) is 4.87. The van der Waals surface area contributed by atoms with Crippen LogP contribution in [0.1, 0.15) is 6.42 Å². The van der Waals surface area contributed by atoms with Gasteiger partial charge in [-0.3, -0.25) is 9.59 Å². The van der Waals surface area contributed by atoms with Gasteiger partial charge < -0.3 is 15.3 Å². The minimum absolute atomic E-state index is 0.0250. The van der Waals surface area contributed by atoms with Crippen LogP contribution < -0.4 is 5.32 Å². The largest absolute Gasteiger partial charge is 0.481 e. The molecule has 0 aliphatic rings. The number of hydrogen-bond acceptors (Lipinski definition) is 3. The van der Waals surface area contributed by atoms with Gasteiger partial charge in [-0.2, -0.15) is 13.2 Å². The Morgan fingerprint density at radius 3 is 2.29 bits per heavy atom. The molecule has 17 heavy (non-hydrogen) atoms. The molecule has 0 aromatic carbocycles. The zero-order valence-electron chi connectivity index (χ0n) is 9.54. The van der Waals surface area contributed by atoms with Crippen LogP contribution >= 0.6 is 0 Å². The van der Waals surface area contributed by atoms with E-state index in [-0.39, 0.29) is 18.9 Å². The van der Waals surface area contributed by atoms with Crippen molar-refractivity contribution in [2.24, 2.45) is 5.92 Å². The van der Waals surface area contributed by atoms with Gasteiger partial charge in [0.05, 0.1) is 0 Å². The third-order valence-electron chi connectivity index (χ3n) is 2.19. The molecule has 0 saturated carbocycles. The van der Waals surface area contributed by atoms with Crippen molar-refractivity contribution in [3.05, 3.63) is 0 Å². The van der Waals surface area contributed by atoms with Crippen molar-refractivity contribution >= 4 is 11.9 Å². The number of rotatable bonds is 6. The van der Waals surface area contributed by atoms with Crippen molar-refractivity contribution in [1.82, 2.24) is 10.2 Å². The molecule has 5 nitrogen and oxygen atoms in total. The van der Waals surface area contributed by atoms with Crippen LogP contribution in [0.2, 0.25) is 0 Å². The molecule has 0 heterocycles. The predicted molar refractivity (Wildman–Crippen MR) is 53.4 cm³/mol. The zero-order valence-corrected chi connectivity index (χ0v) is 9.54. The Labute approximate surface area is 96.6 Å². The van der Waals surface area contributed by atoms with E-state index in [0.717, 1.165) is 0 Å². The Balaban J connectivity index is 4.28. The summed E-state index contributed by atoms with van der Waals surface area (Å²) in [7, 11) is 2.75. The maximum Gasteiger partial charge on any atom is 0.403 e. The molecular weight excluding hydrogens is 241 g/mol. The predicted octanol–water partition coefficient (Wildman–Crippen LogP) is 0.317.